The number of ether oxygens (including phenoxy) is 1. The molecule has 3 rings (SSSR count). The van der Waals surface area contributed by atoms with E-state index in [0.29, 0.717) is 0 Å². The Balaban J connectivity index is 1.71. The van der Waals surface area contributed by atoms with E-state index < -0.39 is 0 Å². The van der Waals surface area contributed by atoms with E-state index in [1.807, 2.05) is 0 Å². The van der Waals surface area contributed by atoms with Gasteiger partial charge in [-0.05, 0) is 44.4 Å². The molecular weight excluding hydrogens is 200 g/mol. The van der Waals surface area contributed by atoms with Crippen LogP contribution in [-0.2, 0) is 24.1 Å². The van der Waals surface area contributed by atoms with Gasteiger partial charge in [-0.15, -0.1) is 0 Å². The second-order valence-electron chi connectivity index (χ2n) is 5.05. The molecule has 1 aliphatic heterocycles. The molecule has 0 bridgehead atoms. The van der Waals surface area contributed by atoms with Crippen LogP contribution in [0.1, 0.15) is 37.1 Å². The van der Waals surface area contributed by atoms with Crippen LogP contribution in [0, 0.1) is 5.92 Å². The first-order valence-electron chi connectivity index (χ1n) is 6.54. The van der Waals surface area contributed by atoms with Gasteiger partial charge < -0.3 is 9.30 Å². The number of nitrogens with zero attached hydrogens (tertiary/aromatic N) is 2. The Morgan fingerprint density at radius 1 is 1.25 bits per heavy atom. The lowest BCUT2D eigenvalue weighted by Gasteiger charge is -2.24. The quantitative estimate of drug-likeness (QED) is 0.764. The highest BCUT2D eigenvalue weighted by Gasteiger charge is 2.19. The summed E-state index contributed by atoms with van der Waals surface area (Å²) >= 11 is 0. The summed E-state index contributed by atoms with van der Waals surface area (Å²) in [7, 11) is 0. The third kappa shape index (κ3) is 2.01. The van der Waals surface area contributed by atoms with Gasteiger partial charge in [-0.3, -0.25) is 0 Å². The third-order valence-electron chi connectivity index (χ3n) is 3.91. The van der Waals surface area contributed by atoms with Gasteiger partial charge in [0.05, 0.1) is 12.0 Å². The van der Waals surface area contributed by atoms with E-state index >= 15 is 0 Å². The highest BCUT2D eigenvalue weighted by atomic mass is 16.5. The van der Waals surface area contributed by atoms with Gasteiger partial charge in [0, 0.05) is 25.5 Å². The summed E-state index contributed by atoms with van der Waals surface area (Å²) in [4.78, 5) is 4.55. The fourth-order valence-corrected chi connectivity index (χ4v) is 2.90. The molecule has 2 aliphatic rings. The minimum absolute atomic E-state index is 0.800. The Kier molecular flexibility index (Phi) is 2.96. The van der Waals surface area contributed by atoms with Crippen molar-refractivity contribution >= 4 is 0 Å². The van der Waals surface area contributed by atoms with Gasteiger partial charge in [0.15, 0.2) is 0 Å². The molecule has 0 saturated carbocycles. The normalized spacial score (nSPS) is 22.0. The molecule has 16 heavy (non-hydrogen) atoms. The van der Waals surface area contributed by atoms with Crippen molar-refractivity contribution in [2.75, 3.05) is 13.2 Å². The third-order valence-corrected chi connectivity index (χ3v) is 3.91. The molecule has 2 heterocycles. The number of hydrogen-bond acceptors (Lipinski definition) is 2. The van der Waals surface area contributed by atoms with Crippen molar-refractivity contribution < 1.29 is 4.74 Å². The van der Waals surface area contributed by atoms with Crippen LogP contribution in [0.15, 0.2) is 6.33 Å². The molecule has 1 saturated heterocycles. The molecular formula is C13H20N2O. The number of aryl methyl sites for hydroxylation is 1. The Morgan fingerprint density at radius 3 is 2.94 bits per heavy atom. The average Bonchev–Trinajstić information content (AvgIpc) is 2.74. The summed E-state index contributed by atoms with van der Waals surface area (Å²) in [6, 6.07) is 0. The molecule has 0 radical (unpaired) electrons. The van der Waals surface area contributed by atoms with E-state index in [2.05, 4.69) is 15.9 Å². The highest BCUT2D eigenvalue weighted by molar-refractivity contribution is 5.16. The zero-order chi connectivity index (χ0) is 10.8. The maximum atomic E-state index is 5.41. The Morgan fingerprint density at radius 2 is 2.06 bits per heavy atom. The van der Waals surface area contributed by atoms with Crippen molar-refractivity contribution in [2.45, 2.75) is 45.1 Å². The van der Waals surface area contributed by atoms with Crippen LogP contribution < -0.4 is 0 Å². The second-order valence-corrected chi connectivity index (χ2v) is 5.05. The number of aromatic nitrogens is 2. The van der Waals surface area contributed by atoms with Gasteiger partial charge in [0.2, 0.25) is 0 Å². The van der Waals surface area contributed by atoms with Crippen LogP contribution in [0.3, 0.4) is 0 Å². The summed E-state index contributed by atoms with van der Waals surface area (Å²) < 4.78 is 7.81. The van der Waals surface area contributed by atoms with E-state index in [9.17, 15) is 0 Å². The number of fused-ring (bicyclic) bond motifs is 1. The number of rotatable bonds is 2. The highest BCUT2D eigenvalue weighted by Crippen LogP contribution is 2.23. The molecule has 1 aromatic rings. The first kappa shape index (κ1) is 10.3. The summed E-state index contributed by atoms with van der Waals surface area (Å²) in [6.45, 7) is 3.05. The molecule has 1 aromatic heterocycles. The number of hydrogen-bond donors (Lipinski definition) is 0. The average molecular weight is 220 g/mol. The Labute approximate surface area is 96.8 Å². The lowest BCUT2D eigenvalue weighted by Crippen LogP contribution is -2.21. The molecule has 88 valence electrons. The van der Waals surface area contributed by atoms with Crippen LogP contribution in [0.5, 0.6) is 0 Å². The predicted octanol–water partition coefficient (Wildman–Crippen LogP) is 2.19. The molecule has 1 fully saturated rings. The maximum absolute atomic E-state index is 5.41. The molecule has 3 heteroatoms. The Hall–Kier alpha value is -0.830. The van der Waals surface area contributed by atoms with Gasteiger partial charge in [0.25, 0.3) is 0 Å². The van der Waals surface area contributed by atoms with Crippen LogP contribution in [0.25, 0.3) is 0 Å². The lowest BCUT2D eigenvalue weighted by molar-refractivity contribution is 0.0610. The van der Waals surface area contributed by atoms with Crippen molar-refractivity contribution in [1.82, 2.24) is 9.55 Å². The predicted molar refractivity (Wildman–Crippen MR) is 62.4 cm³/mol. The summed E-state index contributed by atoms with van der Waals surface area (Å²) in [5.74, 6) is 0.800. The molecule has 0 amide bonds. The van der Waals surface area contributed by atoms with E-state index in [1.165, 1.54) is 49.9 Å². The Bertz CT molecular complexity index is 353. The van der Waals surface area contributed by atoms with E-state index in [-0.39, 0.29) is 0 Å². The molecule has 1 aliphatic carbocycles. The molecule has 0 N–H and O–H groups in total. The van der Waals surface area contributed by atoms with Gasteiger partial charge in [-0.1, -0.05) is 0 Å². The van der Waals surface area contributed by atoms with Crippen molar-refractivity contribution in [3.05, 3.63) is 17.7 Å². The standard InChI is InChI=1S/C13H20N2O/c1-2-4-13-12(3-1)14-10-15(13)9-11-5-7-16-8-6-11/h10-11H,1-9H2. The second kappa shape index (κ2) is 4.58. The molecule has 3 nitrogen and oxygen atoms in total. The molecule has 0 aromatic carbocycles. The monoisotopic (exact) mass is 220 g/mol. The van der Waals surface area contributed by atoms with Crippen molar-refractivity contribution in [2.24, 2.45) is 5.92 Å². The van der Waals surface area contributed by atoms with Gasteiger partial charge in [0.1, 0.15) is 0 Å². The fraction of sp³-hybridized carbons (Fsp3) is 0.769. The lowest BCUT2D eigenvalue weighted by atomic mass is 9.98. The van der Waals surface area contributed by atoms with Gasteiger partial charge in [-0.2, -0.15) is 0 Å². The summed E-state index contributed by atoms with van der Waals surface area (Å²) in [6.07, 6.45) is 9.58. The summed E-state index contributed by atoms with van der Waals surface area (Å²) in [5.41, 5.74) is 2.87. The number of imidazole rings is 1. The largest absolute Gasteiger partial charge is 0.381 e. The van der Waals surface area contributed by atoms with E-state index in [1.54, 1.807) is 0 Å². The fourth-order valence-electron chi connectivity index (χ4n) is 2.90. The van der Waals surface area contributed by atoms with Crippen LogP contribution in [-0.4, -0.2) is 22.8 Å². The molecule has 0 atom stereocenters. The smallest absolute Gasteiger partial charge is 0.0951 e. The summed E-state index contributed by atoms with van der Waals surface area (Å²) in [5, 5.41) is 0. The zero-order valence-corrected chi connectivity index (χ0v) is 9.82. The van der Waals surface area contributed by atoms with Crippen molar-refractivity contribution in [3.8, 4) is 0 Å². The zero-order valence-electron chi connectivity index (χ0n) is 9.82. The molecule has 0 spiro atoms. The van der Waals surface area contributed by atoms with E-state index in [0.717, 1.165) is 25.7 Å². The van der Waals surface area contributed by atoms with Crippen LogP contribution in [0.2, 0.25) is 0 Å². The minimum Gasteiger partial charge on any atom is -0.381 e. The van der Waals surface area contributed by atoms with Crippen molar-refractivity contribution in [3.63, 3.8) is 0 Å². The van der Waals surface area contributed by atoms with Gasteiger partial charge in [-0.25, -0.2) is 4.98 Å². The topological polar surface area (TPSA) is 27.1 Å². The molecule has 0 unspecified atom stereocenters. The van der Waals surface area contributed by atoms with Crippen LogP contribution >= 0.6 is 0 Å². The van der Waals surface area contributed by atoms with Crippen LogP contribution in [0.4, 0.5) is 0 Å². The SMILES string of the molecule is c1nc2c(n1CC1CCOCC1)CCCC2. The first-order chi connectivity index (χ1) is 7.93. The first-order valence-corrected chi connectivity index (χ1v) is 6.54. The van der Waals surface area contributed by atoms with E-state index in [4.69, 9.17) is 4.74 Å². The van der Waals surface area contributed by atoms with Crippen molar-refractivity contribution in [1.29, 1.82) is 0 Å². The van der Waals surface area contributed by atoms with Gasteiger partial charge >= 0.3 is 0 Å². The minimum atomic E-state index is 0.800. The maximum Gasteiger partial charge on any atom is 0.0951 e.